The van der Waals surface area contributed by atoms with Crippen molar-refractivity contribution >= 4 is 11.7 Å². The number of amides is 1. The van der Waals surface area contributed by atoms with Gasteiger partial charge in [0, 0.05) is 12.1 Å². The highest BCUT2D eigenvalue weighted by atomic mass is 19.4. The Kier molecular flexibility index (Phi) is 4.38. The molecule has 0 aromatic heterocycles. The van der Waals surface area contributed by atoms with E-state index in [1.54, 1.807) is 38.1 Å². The third-order valence-electron chi connectivity index (χ3n) is 5.00. The second kappa shape index (κ2) is 6.09. The second-order valence-corrected chi connectivity index (χ2v) is 7.71. The molecule has 0 saturated heterocycles. The standard InChI is InChI=1S/C19H20F3NO4/c1-17(2)8-13-15(14(24)9-17)18(26,19(20,21)22)16(25)23(13)10-11-4-6-12(27-3)7-5-11/h4-7,26H,8-10H2,1-3H3. The normalized spacial score (nSPS) is 25.1. The fourth-order valence-corrected chi connectivity index (χ4v) is 3.70. The number of Topliss-reactive ketones (excluding diaryl/α,β-unsaturated/α-hetero) is 1. The van der Waals surface area contributed by atoms with E-state index in [0.717, 1.165) is 4.90 Å². The first kappa shape index (κ1) is 19.4. The largest absolute Gasteiger partial charge is 0.497 e. The summed E-state index contributed by atoms with van der Waals surface area (Å²) in [7, 11) is 1.48. The minimum absolute atomic E-state index is 0.0445. The number of alkyl halides is 3. The highest BCUT2D eigenvalue weighted by Gasteiger charge is 2.70. The SMILES string of the molecule is COc1ccc(CN2C(=O)C(O)(C(F)(F)F)C3=C2CC(C)(C)CC3=O)cc1. The summed E-state index contributed by atoms with van der Waals surface area (Å²) in [6.07, 6.45) is -5.35. The van der Waals surface area contributed by atoms with Crippen LogP contribution in [0.15, 0.2) is 35.5 Å². The maximum atomic E-state index is 13.6. The fourth-order valence-electron chi connectivity index (χ4n) is 3.70. The van der Waals surface area contributed by atoms with E-state index >= 15 is 0 Å². The van der Waals surface area contributed by atoms with E-state index in [2.05, 4.69) is 0 Å². The molecule has 146 valence electrons. The van der Waals surface area contributed by atoms with Gasteiger partial charge in [0.25, 0.3) is 11.5 Å². The number of halogens is 3. The Hall–Kier alpha value is -2.35. The third-order valence-corrected chi connectivity index (χ3v) is 5.00. The Morgan fingerprint density at radius 1 is 1.15 bits per heavy atom. The first-order chi connectivity index (χ1) is 12.4. The highest BCUT2D eigenvalue weighted by Crippen LogP contribution is 2.51. The number of ether oxygens (including phenoxy) is 1. The predicted molar refractivity (Wildman–Crippen MR) is 89.6 cm³/mol. The van der Waals surface area contributed by atoms with E-state index < -0.39 is 34.5 Å². The van der Waals surface area contributed by atoms with Crippen LogP contribution < -0.4 is 4.74 Å². The van der Waals surface area contributed by atoms with Crippen LogP contribution in [0.25, 0.3) is 0 Å². The van der Waals surface area contributed by atoms with Crippen LogP contribution in [0.2, 0.25) is 0 Å². The van der Waals surface area contributed by atoms with Crippen molar-refractivity contribution in [3.05, 3.63) is 41.1 Å². The number of carbonyl (C=O) groups excluding carboxylic acids is 2. The molecule has 0 bridgehead atoms. The first-order valence-electron chi connectivity index (χ1n) is 8.41. The molecule has 1 atom stereocenters. The molecule has 8 heteroatoms. The summed E-state index contributed by atoms with van der Waals surface area (Å²) in [5, 5.41) is 10.3. The van der Waals surface area contributed by atoms with Gasteiger partial charge in [0.15, 0.2) is 5.78 Å². The van der Waals surface area contributed by atoms with E-state index in [9.17, 15) is 27.9 Å². The third kappa shape index (κ3) is 3.01. The number of nitrogens with zero attached hydrogens (tertiary/aromatic N) is 1. The van der Waals surface area contributed by atoms with Crippen LogP contribution in [0.3, 0.4) is 0 Å². The molecule has 1 unspecified atom stereocenters. The van der Waals surface area contributed by atoms with Crippen molar-refractivity contribution in [1.29, 1.82) is 0 Å². The highest BCUT2D eigenvalue weighted by molar-refractivity contribution is 6.11. The van der Waals surface area contributed by atoms with Gasteiger partial charge in [0.05, 0.1) is 19.2 Å². The maximum Gasteiger partial charge on any atom is 0.430 e. The smallest absolute Gasteiger partial charge is 0.430 e. The summed E-state index contributed by atoms with van der Waals surface area (Å²) < 4.78 is 46.0. The maximum absolute atomic E-state index is 13.6. The molecule has 2 aliphatic rings. The number of hydrogen-bond donors (Lipinski definition) is 1. The minimum Gasteiger partial charge on any atom is -0.497 e. The van der Waals surface area contributed by atoms with Gasteiger partial charge in [-0.3, -0.25) is 9.59 Å². The first-order valence-corrected chi connectivity index (χ1v) is 8.41. The average molecular weight is 383 g/mol. The van der Waals surface area contributed by atoms with Crippen molar-refractivity contribution in [2.75, 3.05) is 7.11 Å². The number of rotatable bonds is 3. The van der Waals surface area contributed by atoms with Crippen LogP contribution >= 0.6 is 0 Å². The van der Waals surface area contributed by atoms with Crippen molar-refractivity contribution in [3.63, 3.8) is 0 Å². The zero-order valence-electron chi connectivity index (χ0n) is 15.2. The van der Waals surface area contributed by atoms with Crippen LogP contribution in [-0.4, -0.2) is 40.6 Å². The molecule has 1 aliphatic heterocycles. The number of allylic oxidation sites excluding steroid dienone is 1. The number of hydrogen-bond acceptors (Lipinski definition) is 4. The number of carbonyl (C=O) groups is 2. The number of ketones is 1. The summed E-state index contributed by atoms with van der Waals surface area (Å²) in [6.45, 7) is 3.31. The molecule has 0 spiro atoms. The molecule has 1 aromatic rings. The van der Waals surface area contributed by atoms with Gasteiger partial charge in [-0.25, -0.2) is 0 Å². The van der Waals surface area contributed by atoms with Crippen LogP contribution in [0, 0.1) is 5.41 Å². The average Bonchev–Trinajstić information content (AvgIpc) is 2.76. The van der Waals surface area contributed by atoms with Gasteiger partial charge in [0.2, 0.25) is 0 Å². The molecule has 5 nitrogen and oxygen atoms in total. The van der Waals surface area contributed by atoms with E-state index in [0.29, 0.717) is 11.3 Å². The Morgan fingerprint density at radius 3 is 2.26 bits per heavy atom. The van der Waals surface area contributed by atoms with Gasteiger partial charge in [-0.2, -0.15) is 13.2 Å². The van der Waals surface area contributed by atoms with Gasteiger partial charge < -0.3 is 14.7 Å². The van der Waals surface area contributed by atoms with Gasteiger partial charge >= 0.3 is 6.18 Å². The molecular formula is C19H20F3NO4. The van der Waals surface area contributed by atoms with Gasteiger partial charge in [-0.1, -0.05) is 26.0 Å². The molecular weight excluding hydrogens is 363 g/mol. The monoisotopic (exact) mass is 383 g/mol. The van der Waals surface area contributed by atoms with Crippen molar-refractivity contribution in [3.8, 4) is 5.75 Å². The van der Waals surface area contributed by atoms with Crippen molar-refractivity contribution in [1.82, 2.24) is 4.90 Å². The van der Waals surface area contributed by atoms with Gasteiger partial charge in [0.1, 0.15) is 5.75 Å². The summed E-state index contributed by atoms with van der Waals surface area (Å²) in [4.78, 5) is 26.0. The van der Waals surface area contributed by atoms with Crippen molar-refractivity contribution in [2.45, 2.75) is 45.0 Å². The molecule has 1 N–H and O–H groups in total. The molecule has 0 saturated carbocycles. The predicted octanol–water partition coefficient (Wildman–Crippen LogP) is 2.97. The van der Waals surface area contributed by atoms with Crippen LogP contribution in [0.1, 0.15) is 32.3 Å². The topological polar surface area (TPSA) is 66.8 Å². The fraction of sp³-hybridized carbons (Fsp3) is 0.474. The lowest BCUT2D eigenvalue weighted by Gasteiger charge is -2.33. The summed E-state index contributed by atoms with van der Waals surface area (Å²) in [6, 6.07) is 6.48. The van der Waals surface area contributed by atoms with E-state index in [4.69, 9.17) is 4.74 Å². The van der Waals surface area contributed by atoms with Crippen molar-refractivity contribution in [2.24, 2.45) is 5.41 Å². The zero-order chi connectivity index (χ0) is 20.2. The molecule has 27 heavy (non-hydrogen) atoms. The minimum atomic E-state index is -5.28. The van der Waals surface area contributed by atoms with Crippen molar-refractivity contribution < 1.29 is 32.6 Å². The lowest BCUT2D eigenvalue weighted by atomic mass is 9.73. The zero-order valence-corrected chi connectivity index (χ0v) is 15.2. The molecule has 1 amide bonds. The number of benzene rings is 1. The molecule has 1 aromatic carbocycles. The lowest BCUT2D eigenvalue weighted by molar-refractivity contribution is -0.238. The summed E-state index contributed by atoms with van der Waals surface area (Å²) >= 11 is 0. The van der Waals surface area contributed by atoms with Gasteiger partial charge in [-0.05, 0) is 29.5 Å². The second-order valence-electron chi connectivity index (χ2n) is 7.71. The van der Waals surface area contributed by atoms with E-state index in [-0.39, 0.29) is 25.1 Å². The Morgan fingerprint density at radius 2 is 1.74 bits per heavy atom. The van der Waals surface area contributed by atoms with Crippen LogP contribution in [-0.2, 0) is 16.1 Å². The number of methoxy groups -OCH3 is 1. The van der Waals surface area contributed by atoms with E-state index in [1.807, 2.05) is 0 Å². The van der Waals surface area contributed by atoms with Crippen LogP contribution in [0.5, 0.6) is 5.75 Å². The molecule has 1 heterocycles. The van der Waals surface area contributed by atoms with Gasteiger partial charge in [-0.15, -0.1) is 0 Å². The Bertz CT molecular complexity index is 826. The van der Waals surface area contributed by atoms with E-state index in [1.165, 1.54) is 7.11 Å². The molecule has 1 aliphatic carbocycles. The number of aliphatic hydroxyl groups is 1. The molecule has 0 fully saturated rings. The quantitative estimate of drug-likeness (QED) is 0.872. The Labute approximate surface area is 154 Å². The summed E-state index contributed by atoms with van der Waals surface area (Å²) in [5.41, 5.74) is -4.71. The lowest BCUT2D eigenvalue weighted by Crippen LogP contribution is -2.55. The summed E-state index contributed by atoms with van der Waals surface area (Å²) in [5.74, 6) is -1.80. The van der Waals surface area contributed by atoms with Crippen LogP contribution in [0.4, 0.5) is 13.2 Å². The molecule has 0 radical (unpaired) electrons. The Balaban J connectivity index is 2.08. The molecule has 3 rings (SSSR count).